The zero-order valence-electron chi connectivity index (χ0n) is 6.53. The fourth-order valence-electron chi connectivity index (χ4n) is 0.708. The van der Waals surface area contributed by atoms with Crippen molar-refractivity contribution in [1.29, 1.82) is 0 Å². The quantitative estimate of drug-likeness (QED) is 0.687. The first-order chi connectivity index (χ1) is 4.72. The number of hydrogen-bond acceptors (Lipinski definition) is 1. The molecular formula is C7H15BrFN. The molecule has 0 aromatic heterocycles. The molecule has 10 heavy (non-hydrogen) atoms. The van der Waals surface area contributed by atoms with Crippen molar-refractivity contribution >= 4 is 15.9 Å². The normalized spacial score (nSPS) is 14.1. The summed E-state index contributed by atoms with van der Waals surface area (Å²) in [5, 5.41) is 3.99. The van der Waals surface area contributed by atoms with E-state index in [4.69, 9.17) is 0 Å². The van der Waals surface area contributed by atoms with E-state index in [2.05, 4.69) is 35.1 Å². The number of halogens is 2. The van der Waals surface area contributed by atoms with Gasteiger partial charge in [-0.3, -0.25) is 0 Å². The highest BCUT2D eigenvalue weighted by Gasteiger charge is 2.09. The van der Waals surface area contributed by atoms with Crippen molar-refractivity contribution in [2.24, 2.45) is 5.92 Å². The highest BCUT2D eigenvalue weighted by atomic mass is 79.9. The van der Waals surface area contributed by atoms with E-state index in [0.717, 1.165) is 5.33 Å². The Balaban J connectivity index is 3.40. The molecule has 0 aromatic carbocycles. The van der Waals surface area contributed by atoms with Crippen LogP contribution in [0.5, 0.6) is 0 Å². The Kier molecular flexibility index (Phi) is 6.33. The van der Waals surface area contributed by atoms with E-state index in [1.807, 2.05) is 0 Å². The molecule has 0 aliphatic heterocycles. The molecule has 1 N–H and O–H groups in total. The summed E-state index contributed by atoms with van der Waals surface area (Å²) in [5.74, 6) is 0.561. The fraction of sp³-hybridized carbons (Fsp3) is 1.00. The summed E-state index contributed by atoms with van der Waals surface area (Å²) in [6, 6.07) is 0.399. The van der Waals surface area contributed by atoms with Gasteiger partial charge in [0.05, 0.1) is 0 Å². The zero-order chi connectivity index (χ0) is 7.98. The SMILES string of the molecule is CC(C)C(CBr)NCCF. The lowest BCUT2D eigenvalue weighted by molar-refractivity contribution is 0.394. The first kappa shape index (κ1) is 10.4. The van der Waals surface area contributed by atoms with Gasteiger partial charge in [-0.2, -0.15) is 0 Å². The van der Waals surface area contributed by atoms with Crippen molar-refractivity contribution in [3.8, 4) is 0 Å². The third-order valence-corrected chi connectivity index (χ3v) is 2.17. The molecule has 62 valence electrons. The number of nitrogens with one attached hydrogen (secondary N) is 1. The minimum atomic E-state index is -0.282. The summed E-state index contributed by atoms with van der Waals surface area (Å²) in [6.45, 7) is 4.43. The number of rotatable bonds is 5. The largest absolute Gasteiger partial charge is 0.310 e. The van der Waals surface area contributed by atoms with Gasteiger partial charge in [-0.1, -0.05) is 29.8 Å². The number of alkyl halides is 2. The molecule has 1 atom stereocenters. The van der Waals surface area contributed by atoms with Gasteiger partial charge < -0.3 is 5.32 Å². The Morgan fingerprint density at radius 3 is 2.40 bits per heavy atom. The monoisotopic (exact) mass is 211 g/mol. The van der Waals surface area contributed by atoms with E-state index in [1.165, 1.54) is 0 Å². The predicted octanol–water partition coefficient (Wildman–Crippen LogP) is 1.97. The lowest BCUT2D eigenvalue weighted by atomic mass is 10.1. The maximum Gasteiger partial charge on any atom is 0.102 e. The maximum absolute atomic E-state index is 11.7. The summed E-state index contributed by atoms with van der Waals surface area (Å²) < 4.78 is 11.7. The fourth-order valence-corrected chi connectivity index (χ4v) is 1.68. The van der Waals surface area contributed by atoms with Crippen LogP contribution < -0.4 is 5.32 Å². The van der Waals surface area contributed by atoms with Crippen molar-refractivity contribution in [3.63, 3.8) is 0 Å². The van der Waals surface area contributed by atoms with Crippen LogP contribution in [0.4, 0.5) is 4.39 Å². The topological polar surface area (TPSA) is 12.0 Å². The standard InChI is InChI=1S/C7H15BrFN/c1-6(2)7(5-8)10-4-3-9/h6-7,10H,3-5H2,1-2H3. The van der Waals surface area contributed by atoms with Gasteiger partial charge in [-0.25, -0.2) is 4.39 Å². The molecule has 0 aliphatic rings. The Morgan fingerprint density at radius 1 is 1.50 bits per heavy atom. The van der Waals surface area contributed by atoms with Crippen molar-refractivity contribution in [3.05, 3.63) is 0 Å². The van der Waals surface area contributed by atoms with Crippen LogP contribution in [-0.2, 0) is 0 Å². The molecule has 0 aromatic rings. The summed E-state index contributed by atoms with van der Waals surface area (Å²) in [4.78, 5) is 0. The molecule has 0 fully saturated rings. The van der Waals surface area contributed by atoms with Crippen LogP contribution >= 0.6 is 15.9 Å². The highest BCUT2D eigenvalue weighted by molar-refractivity contribution is 9.09. The first-order valence-corrected chi connectivity index (χ1v) is 4.69. The lowest BCUT2D eigenvalue weighted by Gasteiger charge is -2.18. The Hall–Kier alpha value is 0.370. The van der Waals surface area contributed by atoms with E-state index < -0.39 is 0 Å². The molecule has 3 heteroatoms. The van der Waals surface area contributed by atoms with E-state index in [9.17, 15) is 4.39 Å². The van der Waals surface area contributed by atoms with Gasteiger partial charge in [-0.15, -0.1) is 0 Å². The molecular weight excluding hydrogens is 197 g/mol. The van der Waals surface area contributed by atoms with Gasteiger partial charge in [0, 0.05) is 17.9 Å². The second kappa shape index (κ2) is 6.10. The molecule has 0 spiro atoms. The zero-order valence-corrected chi connectivity index (χ0v) is 8.12. The average Bonchev–Trinajstić information content (AvgIpc) is 1.89. The van der Waals surface area contributed by atoms with Gasteiger partial charge in [0.1, 0.15) is 6.67 Å². The minimum absolute atomic E-state index is 0.282. The van der Waals surface area contributed by atoms with E-state index in [-0.39, 0.29) is 6.67 Å². The van der Waals surface area contributed by atoms with Crippen LogP contribution in [0, 0.1) is 5.92 Å². The maximum atomic E-state index is 11.7. The summed E-state index contributed by atoms with van der Waals surface area (Å²) in [7, 11) is 0. The second-order valence-electron chi connectivity index (χ2n) is 2.65. The summed E-state index contributed by atoms with van der Waals surface area (Å²) in [6.07, 6.45) is 0. The lowest BCUT2D eigenvalue weighted by Crippen LogP contribution is -2.36. The van der Waals surface area contributed by atoms with Crippen LogP contribution in [0.25, 0.3) is 0 Å². The Labute approximate surface area is 70.5 Å². The predicted molar refractivity (Wildman–Crippen MR) is 46.4 cm³/mol. The van der Waals surface area contributed by atoms with Crippen LogP contribution in [0.2, 0.25) is 0 Å². The molecule has 0 heterocycles. The molecule has 0 bridgehead atoms. The van der Waals surface area contributed by atoms with E-state index >= 15 is 0 Å². The third kappa shape index (κ3) is 4.23. The van der Waals surface area contributed by atoms with Gasteiger partial charge in [-0.05, 0) is 5.92 Å². The van der Waals surface area contributed by atoms with Gasteiger partial charge in [0.15, 0.2) is 0 Å². The average molecular weight is 212 g/mol. The van der Waals surface area contributed by atoms with Crippen LogP contribution in [0.1, 0.15) is 13.8 Å². The third-order valence-electron chi connectivity index (χ3n) is 1.47. The second-order valence-corrected chi connectivity index (χ2v) is 3.30. The molecule has 0 rings (SSSR count). The van der Waals surface area contributed by atoms with Crippen LogP contribution in [0.15, 0.2) is 0 Å². The van der Waals surface area contributed by atoms with Gasteiger partial charge >= 0.3 is 0 Å². The van der Waals surface area contributed by atoms with Crippen molar-refractivity contribution in [1.82, 2.24) is 5.32 Å². The van der Waals surface area contributed by atoms with E-state index in [0.29, 0.717) is 18.5 Å². The molecule has 1 unspecified atom stereocenters. The molecule has 1 nitrogen and oxygen atoms in total. The minimum Gasteiger partial charge on any atom is -0.310 e. The molecule has 0 aliphatic carbocycles. The van der Waals surface area contributed by atoms with Gasteiger partial charge in [0.2, 0.25) is 0 Å². The van der Waals surface area contributed by atoms with Crippen molar-refractivity contribution in [2.45, 2.75) is 19.9 Å². The highest BCUT2D eigenvalue weighted by Crippen LogP contribution is 2.03. The molecule has 0 saturated heterocycles. The molecule has 0 radical (unpaired) electrons. The molecule has 0 amide bonds. The Morgan fingerprint density at radius 2 is 2.10 bits per heavy atom. The summed E-state index contributed by atoms with van der Waals surface area (Å²) >= 11 is 3.36. The first-order valence-electron chi connectivity index (χ1n) is 3.57. The number of hydrogen-bond donors (Lipinski definition) is 1. The van der Waals surface area contributed by atoms with Crippen molar-refractivity contribution < 1.29 is 4.39 Å². The van der Waals surface area contributed by atoms with Crippen LogP contribution in [-0.4, -0.2) is 24.6 Å². The van der Waals surface area contributed by atoms with Gasteiger partial charge in [0.25, 0.3) is 0 Å². The van der Waals surface area contributed by atoms with Crippen molar-refractivity contribution in [2.75, 3.05) is 18.5 Å². The summed E-state index contributed by atoms with van der Waals surface area (Å²) in [5.41, 5.74) is 0. The molecule has 0 saturated carbocycles. The smallest absolute Gasteiger partial charge is 0.102 e. The van der Waals surface area contributed by atoms with Crippen LogP contribution in [0.3, 0.4) is 0 Å². The Bertz CT molecular complexity index is 78.0. The van der Waals surface area contributed by atoms with E-state index in [1.54, 1.807) is 0 Å².